The molecule has 0 heterocycles. The molecule has 6 nitrogen and oxygen atoms in total. The van der Waals surface area contributed by atoms with Crippen LogP contribution in [0.5, 0.6) is 17.2 Å². The van der Waals surface area contributed by atoms with Crippen LogP contribution in [-0.4, -0.2) is 29.7 Å². The Balaban J connectivity index is 1.63. The Morgan fingerprint density at radius 1 is 0.568 bits per heavy atom. The van der Waals surface area contributed by atoms with Crippen LogP contribution >= 0.6 is 20.2 Å². The topological polar surface area (TPSA) is 71.1 Å². The fraction of sp³-hybridized carbons (Fsp3) is 0.103. The van der Waals surface area contributed by atoms with Gasteiger partial charge in [-0.1, -0.05) is 0 Å². The molecule has 0 aliphatic heterocycles. The fourth-order valence-electron chi connectivity index (χ4n) is 4.21. The molecule has 37 heavy (non-hydrogen) atoms. The summed E-state index contributed by atoms with van der Waals surface area (Å²) in [5, 5.41) is 3.11. The molecule has 8 heteroatoms. The van der Waals surface area contributed by atoms with E-state index in [1.54, 1.807) is 39.5 Å². The molecular weight excluding hydrogens is 603 g/mol. The zero-order valence-corrected chi connectivity index (χ0v) is 23.4. The summed E-state index contributed by atoms with van der Waals surface area (Å²) in [6.45, 7) is 0. The van der Waals surface area contributed by atoms with E-state index >= 15 is 0 Å². The first-order valence-electron chi connectivity index (χ1n) is 11.4. The average molecular weight is 628 g/mol. The van der Waals surface area contributed by atoms with Crippen LogP contribution in [0.4, 0.5) is 0 Å². The molecule has 5 aromatic rings. The summed E-state index contributed by atoms with van der Waals surface area (Å²) in [5.74, 6) is 1.93. The van der Waals surface area contributed by atoms with Crippen LogP contribution < -0.4 is 14.2 Å². The summed E-state index contributed by atoms with van der Waals surface area (Å²) in [5.41, 5.74) is 0. The number of hydrogen-bond donors (Lipinski definition) is 0. The van der Waals surface area contributed by atoms with Gasteiger partial charge in [-0.25, -0.2) is 0 Å². The molecule has 190 valence electrons. The van der Waals surface area contributed by atoms with E-state index in [1.165, 1.54) is 0 Å². The van der Waals surface area contributed by atoms with Crippen molar-refractivity contribution < 1.29 is 25.1 Å². The third kappa shape index (κ3) is 4.84. The van der Waals surface area contributed by atoms with Crippen LogP contribution in [0.3, 0.4) is 0 Å². The van der Waals surface area contributed by atoms with Crippen LogP contribution in [0.2, 0.25) is 0 Å². The molecule has 0 fully saturated rings. The summed E-state index contributed by atoms with van der Waals surface area (Å²) < 4.78 is 51.9. The summed E-state index contributed by atoms with van der Waals surface area (Å²) in [4.78, 5) is 0.0578. The van der Waals surface area contributed by atoms with Crippen molar-refractivity contribution in [1.29, 1.82) is 0 Å². The van der Waals surface area contributed by atoms with E-state index in [2.05, 4.69) is 0 Å². The summed E-state index contributed by atoms with van der Waals surface area (Å²) in [7, 11) is 0.656. The molecule has 0 spiro atoms. The second kappa shape index (κ2) is 10.6. The Hall–Kier alpha value is -3.34. The predicted octanol–water partition coefficient (Wildman–Crippen LogP) is 6.89. The van der Waals surface area contributed by atoms with Crippen LogP contribution in [0.25, 0.3) is 21.5 Å². The van der Waals surface area contributed by atoms with Gasteiger partial charge in [0.2, 0.25) is 0 Å². The molecule has 0 N–H and O–H groups in total. The Morgan fingerprint density at radius 2 is 1.11 bits per heavy atom. The van der Waals surface area contributed by atoms with Crippen molar-refractivity contribution in [3.8, 4) is 17.2 Å². The molecule has 0 bridgehead atoms. The monoisotopic (exact) mass is 628 g/mol. The summed E-state index contributed by atoms with van der Waals surface area (Å²) in [6.07, 6.45) is 0. The third-order valence-electron chi connectivity index (χ3n) is 5.92. The van der Waals surface area contributed by atoms with Gasteiger partial charge >= 0.3 is 225 Å². The zero-order chi connectivity index (χ0) is 26.0. The Morgan fingerprint density at radius 3 is 1.70 bits per heavy atom. The maximum absolute atomic E-state index is 13.7. The third-order valence-corrected chi connectivity index (χ3v) is 13.2. The molecule has 0 atom stereocenters. The first-order valence-corrected chi connectivity index (χ1v) is 15.8. The molecule has 0 aromatic heterocycles. The summed E-state index contributed by atoms with van der Waals surface area (Å²) >= 11 is -2.84. The van der Waals surface area contributed by atoms with E-state index in [0.717, 1.165) is 23.3 Å². The van der Waals surface area contributed by atoms with Crippen molar-refractivity contribution in [2.45, 2.75) is 4.90 Å². The number of hydrogen-bond acceptors (Lipinski definition) is 6. The molecule has 5 aromatic carbocycles. The molecule has 0 aliphatic carbocycles. The van der Waals surface area contributed by atoms with Crippen molar-refractivity contribution in [3.63, 3.8) is 0 Å². The first-order chi connectivity index (χ1) is 18.0. The fourth-order valence-corrected chi connectivity index (χ4v) is 11.2. The average Bonchev–Trinajstić information content (AvgIpc) is 2.94. The number of ether oxygens (including phenoxy) is 3. The predicted molar refractivity (Wildman–Crippen MR) is 154 cm³/mol. The van der Waals surface area contributed by atoms with E-state index < -0.39 is 30.4 Å². The second-order valence-corrected chi connectivity index (χ2v) is 14.5. The zero-order valence-electron chi connectivity index (χ0n) is 20.5. The number of methoxy groups -OCH3 is 3. The van der Waals surface area contributed by atoms with Crippen molar-refractivity contribution >= 4 is 51.9 Å². The van der Waals surface area contributed by atoms with Gasteiger partial charge in [-0.05, 0) is 0 Å². The molecule has 0 saturated heterocycles. The van der Waals surface area contributed by atoms with Crippen LogP contribution in [0, 0.1) is 7.14 Å². The standard InChI is InChI=1S/C29H25IO6S/c1-33-22-15-13-21(14-16-22)30(20-9-5-4-6-10-20)36-37(31,32)23-17-18-26-27(19-23)29(35-3)25-12-8-7-11-24(25)28(26)34-2/h4-19H,1-3H3. The van der Waals surface area contributed by atoms with Crippen molar-refractivity contribution in [2.75, 3.05) is 21.3 Å². The SMILES string of the molecule is COc1ccc(I(OS(=O)(=O)c2ccc3c(OC)c4ccccc4c(OC)c3c2)c2ccccc2)cc1. The minimum absolute atomic E-state index is 0.0578. The van der Waals surface area contributed by atoms with Gasteiger partial charge in [0.1, 0.15) is 0 Å². The molecular formula is C29H25IO6S. The minimum atomic E-state index is -4.12. The number of rotatable bonds is 8. The van der Waals surface area contributed by atoms with Gasteiger partial charge in [0.25, 0.3) is 0 Å². The van der Waals surface area contributed by atoms with Crippen molar-refractivity contribution in [1.82, 2.24) is 0 Å². The van der Waals surface area contributed by atoms with E-state index in [1.807, 2.05) is 78.9 Å². The van der Waals surface area contributed by atoms with E-state index in [9.17, 15) is 8.42 Å². The van der Waals surface area contributed by atoms with Gasteiger partial charge in [0.05, 0.1) is 0 Å². The molecule has 0 unspecified atom stereocenters. The molecule has 0 saturated carbocycles. The number of fused-ring (bicyclic) bond motifs is 2. The van der Waals surface area contributed by atoms with Gasteiger partial charge in [-0.3, -0.25) is 0 Å². The van der Waals surface area contributed by atoms with Gasteiger partial charge in [-0.15, -0.1) is 0 Å². The quantitative estimate of drug-likeness (QED) is 0.138. The van der Waals surface area contributed by atoms with Gasteiger partial charge in [-0.2, -0.15) is 0 Å². The maximum atomic E-state index is 13.7. The van der Waals surface area contributed by atoms with Gasteiger partial charge < -0.3 is 0 Å². The van der Waals surface area contributed by atoms with Crippen LogP contribution in [0.15, 0.2) is 102 Å². The Bertz CT molecular complexity index is 1670. The first kappa shape index (κ1) is 25.3. The van der Waals surface area contributed by atoms with Crippen molar-refractivity contribution in [2.24, 2.45) is 0 Å². The van der Waals surface area contributed by atoms with Gasteiger partial charge in [0.15, 0.2) is 0 Å². The van der Waals surface area contributed by atoms with E-state index in [-0.39, 0.29) is 4.90 Å². The Labute approximate surface area is 223 Å². The van der Waals surface area contributed by atoms with Gasteiger partial charge in [0, 0.05) is 0 Å². The van der Waals surface area contributed by atoms with E-state index in [4.69, 9.17) is 16.7 Å². The molecule has 0 radical (unpaired) electrons. The van der Waals surface area contributed by atoms with E-state index in [0.29, 0.717) is 22.6 Å². The van der Waals surface area contributed by atoms with Crippen LogP contribution in [-0.2, 0) is 12.6 Å². The molecule has 0 amide bonds. The van der Waals surface area contributed by atoms with Crippen molar-refractivity contribution in [3.05, 3.63) is 104 Å². The Kier molecular flexibility index (Phi) is 7.23. The second-order valence-electron chi connectivity index (χ2n) is 8.04. The normalized spacial score (nSPS) is 11.9. The van der Waals surface area contributed by atoms with Crippen LogP contribution in [0.1, 0.15) is 0 Å². The number of halogens is 1. The number of benzene rings is 5. The molecule has 5 rings (SSSR count). The summed E-state index contributed by atoms with van der Waals surface area (Å²) in [6, 6.07) is 29.5. The molecule has 0 aliphatic rings.